The molecule has 1 aliphatic rings. The fourth-order valence-electron chi connectivity index (χ4n) is 3.69. The predicted octanol–water partition coefficient (Wildman–Crippen LogP) is 5.94. The monoisotopic (exact) mass is 422 g/mol. The van der Waals surface area contributed by atoms with Crippen LogP contribution in [0.2, 0.25) is 0 Å². The van der Waals surface area contributed by atoms with Crippen molar-refractivity contribution in [1.29, 1.82) is 0 Å². The van der Waals surface area contributed by atoms with E-state index in [1.807, 2.05) is 30.3 Å². The minimum absolute atomic E-state index is 0.0178. The third-order valence-corrected chi connectivity index (χ3v) is 5.26. The first-order valence-corrected chi connectivity index (χ1v) is 9.56. The quantitative estimate of drug-likeness (QED) is 0.487. The number of hydrogen-bond acceptors (Lipinski definition) is 3. The lowest BCUT2D eigenvalue weighted by atomic mass is 10.0. The van der Waals surface area contributed by atoms with Crippen LogP contribution in [-0.4, -0.2) is 30.4 Å². The van der Waals surface area contributed by atoms with Gasteiger partial charge in [0, 0.05) is 48.8 Å². The van der Waals surface area contributed by atoms with Crippen LogP contribution in [0.1, 0.15) is 18.4 Å². The van der Waals surface area contributed by atoms with Crippen LogP contribution in [0, 0.1) is 0 Å². The number of benzene rings is 2. The molecule has 3 aromatic rings. The predicted molar refractivity (Wildman–Crippen MR) is 104 cm³/mol. The Labute approximate surface area is 170 Å². The maximum Gasteiger partial charge on any atom is 0.458 e. The third kappa shape index (κ3) is 3.91. The number of para-hydroxylation sites is 1. The van der Waals surface area contributed by atoms with Gasteiger partial charge < -0.3 is 9.64 Å². The second-order valence-corrected chi connectivity index (χ2v) is 7.25. The summed E-state index contributed by atoms with van der Waals surface area (Å²) in [5.74, 6) is -4.90. The molecule has 0 unspecified atom stereocenters. The first kappa shape index (κ1) is 20.4. The molecular weight excluding hydrogens is 403 g/mol. The summed E-state index contributed by atoms with van der Waals surface area (Å²) in [5.41, 5.74) is 0.842. The number of nitrogens with zero attached hydrogens (tertiary/aromatic N) is 2. The number of fused-ring (bicyclic) bond motifs is 1. The van der Waals surface area contributed by atoms with Crippen LogP contribution >= 0.6 is 0 Å². The molecule has 1 aliphatic heterocycles. The molecule has 0 aliphatic carbocycles. The topological polar surface area (TPSA) is 25.4 Å². The van der Waals surface area contributed by atoms with Gasteiger partial charge in [0.15, 0.2) is 0 Å². The number of rotatable bonds is 4. The maximum atomic E-state index is 13.6. The molecule has 2 heterocycles. The highest BCUT2D eigenvalue weighted by atomic mass is 19.4. The zero-order valence-corrected chi connectivity index (χ0v) is 15.9. The van der Waals surface area contributed by atoms with Gasteiger partial charge in [0.25, 0.3) is 0 Å². The molecule has 0 bridgehead atoms. The average molecular weight is 422 g/mol. The Balaban J connectivity index is 1.44. The maximum absolute atomic E-state index is 13.6. The molecule has 0 saturated carbocycles. The van der Waals surface area contributed by atoms with E-state index in [4.69, 9.17) is 4.74 Å². The Morgan fingerprint density at radius 3 is 2.37 bits per heavy atom. The summed E-state index contributed by atoms with van der Waals surface area (Å²) in [7, 11) is 0. The average Bonchev–Trinajstić information content (AvgIpc) is 2.73. The first-order valence-electron chi connectivity index (χ1n) is 9.56. The lowest BCUT2D eigenvalue weighted by molar-refractivity contribution is -0.289. The Hall–Kier alpha value is -2.90. The molecule has 4 rings (SSSR count). The summed E-state index contributed by atoms with van der Waals surface area (Å²) in [6.07, 6.45) is -2.91. The van der Waals surface area contributed by atoms with Crippen molar-refractivity contribution in [3.63, 3.8) is 0 Å². The van der Waals surface area contributed by atoms with Crippen molar-refractivity contribution in [2.75, 3.05) is 18.0 Å². The van der Waals surface area contributed by atoms with Gasteiger partial charge in [0.1, 0.15) is 11.9 Å². The van der Waals surface area contributed by atoms with Gasteiger partial charge in [-0.3, -0.25) is 4.98 Å². The van der Waals surface area contributed by atoms with Crippen LogP contribution in [-0.2, 0) is 5.92 Å². The van der Waals surface area contributed by atoms with E-state index < -0.39 is 17.7 Å². The normalized spacial score (nSPS) is 16.1. The lowest BCUT2D eigenvalue weighted by Gasteiger charge is -2.34. The van der Waals surface area contributed by atoms with E-state index in [1.165, 1.54) is 6.07 Å². The van der Waals surface area contributed by atoms with E-state index in [2.05, 4.69) is 9.88 Å². The van der Waals surface area contributed by atoms with Crippen molar-refractivity contribution in [2.45, 2.75) is 31.0 Å². The summed E-state index contributed by atoms with van der Waals surface area (Å²) in [5, 5.41) is 1.04. The van der Waals surface area contributed by atoms with Gasteiger partial charge >= 0.3 is 12.1 Å². The Bertz CT molecular complexity index is 1020. The molecule has 3 nitrogen and oxygen atoms in total. The molecule has 1 fully saturated rings. The van der Waals surface area contributed by atoms with Crippen molar-refractivity contribution in [1.82, 2.24) is 4.98 Å². The third-order valence-electron chi connectivity index (χ3n) is 5.26. The van der Waals surface area contributed by atoms with Gasteiger partial charge in [0.2, 0.25) is 0 Å². The van der Waals surface area contributed by atoms with Crippen LogP contribution in [0.4, 0.5) is 27.6 Å². The highest BCUT2D eigenvalue weighted by Gasteiger charge is 2.58. The highest BCUT2D eigenvalue weighted by molar-refractivity contribution is 5.91. The zero-order valence-electron chi connectivity index (χ0n) is 15.9. The molecule has 2 aromatic carbocycles. The van der Waals surface area contributed by atoms with Gasteiger partial charge in [-0.25, -0.2) is 0 Å². The Morgan fingerprint density at radius 2 is 1.63 bits per heavy atom. The van der Waals surface area contributed by atoms with E-state index >= 15 is 0 Å². The molecule has 0 atom stereocenters. The van der Waals surface area contributed by atoms with Crippen LogP contribution < -0.4 is 9.64 Å². The minimum Gasteiger partial charge on any atom is -0.490 e. The minimum atomic E-state index is -5.65. The molecule has 0 radical (unpaired) electrons. The number of halogens is 5. The molecular formula is C22H19F5N2O. The van der Waals surface area contributed by atoms with Crippen LogP contribution in [0.25, 0.3) is 10.9 Å². The molecule has 158 valence electrons. The van der Waals surface area contributed by atoms with Gasteiger partial charge in [-0.05, 0) is 24.3 Å². The van der Waals surface area contributed by atoms with Gasteiger partial charge in [-0.1, -0.05) is 30.3 Å². The van der Waals surface area contributed by atoms with Crippen molar-refractivity contribution in [2.24, 2.45) is 0 Å². The van der Waals surface area contributed by atoms with Crippen LogP contribution in [0.3, 0.4) is 0 Å². The zero-order chi connectivity index (χ0) is 21.4. The van der Waals surface area contributed by atoms with Crippen LogP contribution in [0.5, 0.6) is 5.75 Å². The molecule has 1 aromatic heterocycles. The standard InChI is InChI=1S/C22H19F5N2O/c23-21(24,22(25,26)27)15-4-3-5-17(14-15)30-16-9-12-29(13-10-16)20-8-11-28-19-7-2-1-6-18(19)20/h1-8,11,14,16H,9-10,12-13H2. The van der Waals surface area contributed by atoms with E-state index in [0.29, 0.717) is 25.9 Å². The van der Waals surface area contributed by atoms with Gasteiger partial charge in [0.05, 0.1) is 5.52 Å². The number of piperidine rings is 1. The fraction of sp³-hybridized carbons (Fsp3) is 0.318. The number of aromatic nitrogens is 1. The first-order chi connectivity index (χ1) is 14.3. The fourth-order valence-corrected chi connectivity index (χ4v) is 3.69. The highest BCUT2D eigenvalue weighted by Crippen LogP contribution is 2.44. The van der Waals surface area contributed by atoms with Crippen molar-refractivity contribution in [3.8, 4) is 5.75 Å². The molecule has 0 spiro atoms. The molecule has 30 heavy (non-hydrogen) atoms. The summed E-state index contributed by atoms with van der Waals surface area (Å²) >= 11 is 0. The number of alkyl halides is 5. The second kappa shape index (κ2) is 7.74. The molecule has 8 heteroatoms. The van der Waals surface area contributed by atoms with E-state index in [1.54, 1.807) is 6.20 Å². The number of anilines is 1. The Morgan fingerprint density at radius 1 is 0.900 bits per heavy atom. The molecule has 1 saturated heterocycles. The lowest BCUT2D eigenvalue weighted by Crippen LogP contribution is -2.38. The van der Waals surface area contributed by atoms with E-state index in [-0.39, 0.29) is 11.9 Å². The summed E-state index contributed by atoms with van der Waals surface area (Å²) in [4.78, 5) is 6.57. The SMILES string of the molecule is FC(F)(F)C(F)(F)c1cccc(OC2CCN(c3ccnc4ccccc34)CC2)c1. The molecule has 0 amide bonds. The Kier molecular flexibility index (Phi) is 5.26. The summed E-state index contributed by atoms with van der Waals surface area (Å²) < 4.78 is 70.8. The van der Waals surface area contributed by atoms with Gasteiger partial charge in [-0.15, -0.1) is 0 Å². The molecule has 0 N–H and O–H groups in total. The number of hydrogen-bond donors (Lipinski definition) is 0. The van der Waals surface area contributed by atoms with Gasteiger partial charge in [-0.2, -0.15) is 22.0 Å². The van der Waals surface area contributed by atoms with Crippen molar-refractivity contribution in [3.05, 3.63) is 66.4 Å². The second-order valence-electron chi connectivity index (χ2n) is 7.25. The van der Waals surface area contributed by atoms with E-state index in [0.717, 1.165) is 34.8 Å². The van der Waals surface area contributed by atoms with Crippen molar-refractivity contribution < 1.29 is 26.7 Å². The summed E-state index contributed by atoms with van der Waals surface area (Å²) in [6.45, 7) is 1.36. The van der Waals surface area contributed by atoms with E-state index in [9.17, 15) is 22.0 Å². The summed E-state index contributed by atoms with van der Waals surface area (Å²) in [6, 6.07) is 13.9. The van der Waals surface area contributed by atoms with Crippen molar-refractivity contribution >= 4 is 16.6 Å². The smallest absolute Gasteiger partial charge is 0.458 e. The largest absolute Gasteiger partial charge is 0.490 e. The number of pyridine rings is 1. The van der Waals surface area contributed by atoms with Crippen LogP contribution in [0.15, 0.2) is 60.8 Å². The number of ether oxygens (including phenoxy) is 1.